The summed E-state index contributed by atoms with van der Waals surface area (Å²) in [6.45, 7) is 1.97. The molecule has 3 nitrogen and oxygen atoms in total. The van der Waals surface area contributed by atoms with Crippen molar-refractivity contribution >= 4 is 34.2 Å². The number of halogens is 2. The Morgan fingerprint density at radius 1 is 1.25 bits per heavy atom. The van der Waals surface area contributed by atoms with Gasteiger partial charge in [0.05, 0.1) is 5.69 Å². The summed E-state index contributed by atoms with van der Waals surface area (Å²) in [5, 5.41) is 2.71. The monoisotopic (exact) mass is 384 g/mol. The lowest BCUT2D eigenvalue weighted by atomic mass is 10.1. The standard InChI is InChI=1S/C15H14FIN2O/c1-9-2-4-10(5-3-9)14(18)15(20)19-13-7-6-11(16)8-12(13)17/h2-8,14H,18H2,1H3,(H,19,20). The summed E-state index contributed by atoms with van der Waals surface area (Å²) >= 11 is 1.97. The van der Waals surface area contributed by atoms with E-state index >= 15 is 0 Å². The number of benzene rings is 2. The van der Waals surface area contributed by atoms with E-state index < -0.39 is 6.04 Å². The van der Waals surface area contributed by atoms with E-state index in [-0.39, 0.29) is 11.7 Å². The maximum absolute atomic E-state index is 13.0. The summed E-state index contributed by atoms with van der Waals surface area (Å²) in [4.78, 5) is 12.1. The van der Waals surface area contributed by atoms with Crippen molar-refractivity contribution in [1.82, 2.24) is 0 Å². The van der Waals surface area contributed by atoms with Crippen molar-refractivity contribution in [1.29, 1.82) is 0 Å². The highest BCUT2D eigenvalue weighted by Gasteiger charge is 2.16. The summed E-state index contributed by atoms with van der Waals surface area (Å²) in [5.74, 6) is -0.659. The molecule has 0 aromatic heterocycles. The molecule has 5 heteroatoms. The van der Waals surface area contributed by atoms with Crippen LogP contribution in [0.25, 0.3) is 0 Å². The van der Waals surface area contributed by atoms with Crippen molar-refractivity contribution in [3.05, 3.63) is 63.0 Å². The zero-order valence-electron chi connectivity index (χ0n) is 10.9. The summed E-state index contributed by atoms with van der Waals surface area (Å²) in [5.41, 5.74) is 8.33. The van der Waals surface area contributed by atoms with Crippen molar-refractivity contribution < 1.29 is 9.18 Å². The zero-order valence-corrected chi connectivity index (χ0v) is 13.0. The van der Waals surface area contributed by atoms with Gasteiger partial charge in [-0.1, -0.05) is 29.8 Å². The molecule has 0 fully saturated rings. The van der Waals surface area contributed by atoms with Gasteiger partial charge in [0.1, 0.15) is 11.9 Å². The Morgan fingerprint density at radius 2 is 1.90 bits per heavy atom. The van der Waals surface area contributed by atoms with Gasteiger partial charge in [-0.15, -0.1) is 0 Å². The van der Waals surface area contributed by atoms with Crippen LogP contribution in [0.1, 0.15) is 17.2 Å². The predicted octanol–water partition coefficient (Wildman–Crippen LogP) is 3.38. The van der Waals surface area contributed by atoms with Crippen molar-refractivity contribution in [3.8, 4) is 0 Å². The third kappa shape index (κ3) is 3.55. The molecule has 0 saturated heterocycles. The van der Waals surface area contributed by atoms with Crippen LogP contribution in [-0.4, -0.2) is 5.91 Å². The average molecular weight is 384 g/mol. The minimum absolute atomic E-state index is 0.321. The Morgan fingerprint density at radius 3 is 2.50 bits per heavy atom. The minimum Gasteiger partial charge on any atom is -0.323 e. The maximum Gasteiger partial charge on any atom is 0.245 e. The Kier molecular flexibility index (Phi) is 4.72. The highest BCUT2D eigenvalue weighted by atomic mass is 127. The van der Waals surface area contributed by atoms with Gasteiger partial charge in [0.2, 0.25) is 5.91 Å². The van der Waals surface area contributed by atoms with Crippen molar-refractivity contribution in [2.24, 2.45) is 5.73 Å². The number of rotatable bonds is 3. The molecule has 0 heterocycles. The smallest absolute Gasteiger partial charge is 0.245 e. The lowest BCUT2D eigenvalue weighted by Gasteiger charge is -2.14. The van der Waals surface area contributed by atoms with Gasteiger partial charge in [-0.2, -0.15) is 0 Å². The van der Waals surface area contributed by atoms with Crippen LogP contribution in [0.2, 0.25) is 0 Å². The topological polar surface area (TPSA) is 55.1 Å². The van der Waals surface area contributed by atoms with Crippen LogP contribution in [0.5, 0.6) is 0 Å². The molecule has 0 spiro atoms. The second-order valence-corrected chi connectivity index (χ2v) is 5.66. The first kappa shape index (κ1) is 14.9. The SMILES string of the molecule is Cc1ccc(C(N)C(=O)Nc2ccc(F)cc2I)cc1. The van der Waals surface area contributed by atoms with Gasteiger partial charge in [0.25, 0.3) is 0 Å². The third-order valence-electron chi connectivity index (χ3n) is 2.91. The normalized spacial score (nSPS) is 12.0. The van der Waals surface area contributed by atoms with E-state index in [4.69, 9.17) is 5.73 Å². The van der Waals surface area contributed by atoms with E-state index in [9.17, 15) is 9.18 Å². The van der Waals surface area contributed by atoms with Gasteiger partial charge in [-0.05, 0) is 53.3 Å². The molecule has 20 heavy (non-hydrogen) atoms. The molecule has 1 atom stereocenters. The van der Waals surface area contributed by atoms with E-state index in [1.54, 1.807) is 0 Å². The summed E-state index contributed by atoms with van der Waals surface area (Å²) in [6.07, 6.45) is 0. The molecule has 0 aliphatic carbocycles. The fourth-order valence-electron chi connectivity index (χ4n) is 1.73. The molecule has 1 unspecified atom stereocenters. The Hall–Kier alpha value is -1.47. The van der Waals surface area contributed by atoms with Crippen LogP contribution in [0.4, 0.5) is 10.1 Å². The molecular weight excluding hydrogens is 370 g/mol. The van der Waals surface area contributed by atoms with Gasteiger partial charge in [-0.3, -0.25) is 4.79 Å². The summed E-state index contributed by atoms with van der Waals surface area (Å²) in [7, 11) is 0. The molecule has 104 valence electrons. The lowest BCUT2D eigenvalue weighted by Crippen LogP contribution is -2.28. The van der Waals surface area contributed by atoms with Crippen LogP contribution in [0.15, 0.2) is 42.5 Å². The number of nitrogens with one attached hydrogen (secondary N) is 1. The Balaban J connectivity index is 2.13. The van der Waals surface area contributed by atoms with Crippen molar-refractivity contribution in [3.63, 3.8) is 0 Å². The fraction of sp³-hybridized carbons (Fsp3) is 0.133. The number of carbonyl (C=O) groups excluding carboxylic acids is 1. The number of hydrogen-bond acceptors (Lipinski definition) is 2. The quantitative estimate of drug-likeness (QED) is 0.798. The first-order valence-electron chi connectivity index (χ1n) is 6.05. The largest absolute Gasteiger partial charge is 0.323 e. The molecule has 2 aromatic carbocycles. The molecule has 1 amide bonds. The summed E-state index contributed by atoms with van der Waals surface area (Å²) < 4.78 is 13.6. The number of amides is 1. The van der Waals surface area contributed by atoms with Crippen molar-refractivity contribution in [2.45, 2.75) is 13.0 Å². The predicted molar refractivity (Wildman–Crippen MR) is 85.9 cm³/mol. The van der Waals surface area contributed by atoms with E-state index in [2.05, 4.69) is 5.32 Å². The molecule has 0 bridgehead atoms. The maximum atomic E-state index is 13.0. The summed E-state index contributed by atoms with van der Waals surface area (Å²) in [6, 6.07) is 10.9. The number of anilines is 1. The van der Waals surface area contributed by atoms with Crippen LogP contribution < -0.4 is 11.1 Å². The van der Waals surface area contributed by atoms with Crippen LogP contribution in [0, 0.1) is 16.3 Å². The van der Waals surface area contributed by atoms with E-state index in [0.717, 1.165) is 11.1 Å². The fourth-order valence-corrected chi connectivity index (χ4v) is 2.34. The van der Waals surface area contributed by atoms with E-state index in [1.807, 2.05) is 53.8 Å². The Bertz CT molecular complexity index is 628. The number of hydrogen-bond donors (Lipinski definition) is 2. The van der Waals surface area contributed by atoms with Crippen LogP contribution in [0.3, 0.4) is 0 Å². The molecule has 0 aliphatic rings. The van der Waals surface area contributed by atoms with Gasteiger partial charge in [0, 0.05) is 3.57 Å². The number of carbonyl (C=O) groups is 1. The molecule has 0 aliphatic heterocycles. The molecule has 0 saturated carbocycles. The van der Waals surface area contributed by atoms with Gasteiger partial charge in [0.15, 0.2) is 0 Å². The molecular formula is C15H14FIN2O. The average Bonchev–Trinajstić information content (AvgIpc) is 2.42. The molecule has 3 N–H and O–H groups in total. The van der Waals surface area contributed by atoms with Gasteiger partial charge < -0.3 is 11.1 Å². The Labute approximate surface area is 130 Å². The minimum atomic E-state index is -0.753. The lowest BCUT2D eigenvalue weighted by molar-refractivity contribution is -0.117. The van der Waals surface area contributed by atoms with Crippen LogP contribution in [-0.2, 0) is 4.79 Å². The molecule has 2 rings (SSSR count). The first-order valence-corrected chi connectivity index (χ1v) is 7.13. The molecule has 0 radical (unpaired) electrons. The first-order chi connectivity index (χ1) is 9.47. The second-order valence-electron chi connectivity index (χ2n) is 4.50. The van der Waals surface area contributed by atoms with Gasteiger partial charge in [-0.25, -0.2) is 4.39 Å². The number of nitrogens with two attached hydrogens (primary N) is 1. The van der Waals surface area contributed by atoms with Gasteiger partial charge >= 0.3 is 0 Å². The van der Waals surface area contributed by atoms with E-state index in [0.29, 0.717) is 9.26 Å². The van der Waals surface area contributed by atoms with E-state index in [1.165, 1.54) is 18.2 Å². The van der Waals surface area contributed by atoms with Crippen molar-refractivity contribution in [2.75, 3.05) is 5.32 Å². The molecule has 2 aromatic rings. The zero-order chi connectivity index (χ0) is 14.7. The van der Waals surface area contributed by atoms with Crippen LogP contribution >= 0.6 is 22.6 Å². The third-order valence-corrected chi connectivity index (χ3v) is 3.80. The second kappa shape index (κ2) is 6.32. The highest BCUT2D eigenvalue weighted by Crippen LogP contribution is 2.21. The number of aryl methyl sites for hydroxylation is 1. The highest BCUT2D eigenvalue weighted by molar-refractivity contribution is 14.1.